The third-order valence-corrected chi connectivity index (χ3v) is 9.99. The lowest BCUT2D eigenvalue weighted by molar-refractivity contribution is -0.122. The number of piperidine rings is 1. The van der Waals surface area contributed by atoms with E-state index >= 15 is 0 Å². The van der Waals surface area contributed by atoms with E-state index in [0.29, 0.717) is 28.5 Å². The van der Waals surface area contributed by atoms with Crippen molar-refractivity contribution in [3.05, 3.63) is 52.1 Å². The molecule has 3 heterocycles. The van der Waals surface area contributed by atoms with Gasteiger partial charge in [-0.15, -0.1) is 17.9 Å². The minimum absolute atomic E-state index is 0.224. The predicted molar refractivity (Wildman–Crippen MR) is 128 cm³/mol. The first-order valence-electron chi connectivity index (χ1n) is 9.96. The van der Waals surface area contributed by atoms with Gasteiger partial charge in [-0.1, -0.05) is 29.0 Å². The number of carbonyl (C=O) groups is 1. The monoisotopic (exact) mass is 511 g/mol. The van der Waals surface area contributed by atoms with E-state index in [1.807, 2.05) is 22.8 Å². The van der Waals surface area contributed by atoms with Crippen molar-refractivity contribution >= 4 is 60.4 Å². The molecule has 1 aliphatic heterocycles. The molecule has 1 aromatic carbocycles. The topological polar surface area (TPSA) is 81.0 Å². The van der Waals surface area contributed by atoms with E-state index in [4.69, 9.17) is 16.3 Å². The quantitative estimate of drug-likeness (QED) is 0.466. The number of ether oxygens (including phenoxy) is 1. The molecule has 1 fully saturated rings. The van der Waals surface area contributed by atoms with Gasteiger partial charge < -0.3 is 9.30 Å². The Bertz CT molecular complexity index is 1330. The van der Waals surface area contributed by atoms with Gasteiger partial charge in [0.05, 0.1) is 21.7 Å². The van der Waals surface area contributed by atoms with Crippen LogP contribution in [0.2, 0.25) is 4.34 Å². The number of nitrogens with zero attached hydrogens (tertiary/aromatic N) is 3. The molecule has 0 radical (unpaired) electrons. The molecule has 0 unspecified atom stereocenters. The Labute approximate surface area is 199 Å². The van der Waals surface area contributed by atoms with Crippen molar-refractivity contribution in [2.75, 3.05) is 20.2 Å². The zero-order chi connectivity index (χ0) is 22.9. The standard InChI is InChI=1S/C21H22ClN3O4S3/c1-3-10-25-16-5-4-15(29-2)13-17(16)30-21(25)23-20(26)14-8-11-24(12-9-14)32(27,28)19-7-6-18(22)31-19/h3-7,13-14H,1,8-12H2,2H3. The maximum absolute atomic E-state index is 12.9. The normalized spacial score (nSPS) is 16.5. The molecule has 4 rings (SSSR count). The van der Waals surface area contributed by atoms with Gasteiger partial charge in [-0.2, -0.15) is 9.30 Å². The summed E-state index contributed by atoms with van der Waals surface area (Å²) >= 11 is 8.35. The van der Waals surface area contributed by atoms with Gasteiger partial charge in [0.1, 0.15) is 9.96 Å². The second-order valence-electron chi connectivity index (χ2n) is 7.30. The number of thiazole rings is 1. The van der Waals surface area contributed by atoms with Crippen molar-refractivity contribution in [3.63, 3.8) is 0 Å². The molecule has 2 aromatic heterocycles. The smallest absolute Gasteiger partial charge is 0.252 e. The van der Waals surface area contributed by atoms with Crippen LogP contribution in [0, 0.1) is 5.92 Å². The highest BCUT2D eigenvalue weighted by Crippen LogP contribution is 2.31. The van der Waals surface area contributed by atoms with E-state index in [9.17, 15) is 13.2 Å². The number of carbonyl (C=O) groups excluding carboxylic acids is 1. The Morgan fingerprint density at radius 3 is 2.66 bits per heavy atom. The fraction of sp³-hybridized carbons (Fsp3) is 0.333. The van der Waals surface area contributed by atoms with E-state index in [-0.39, 0.29) is 29.1 Å². The van der Waals surface area contributed by atoms with Crippen LogP contribution < -0.4 is 9.54 Å². The molecule has 0 aliphatic carbocycles. The molecular weight excluding hydrogens is 490 g/mol. The molecular formula is C21H22ClN3O4S3. The van der Waals surface area contributed by atoms with Gasteiger partial charge in [0.15, 0.2) is 4.80 Å². The lowest BCUT2D eigenvalue weighted by Gasteiger charge is -2.29. The van der Waals surface area contributed by atoms with Crippen molar-refractivity contribution in [2.24, 2.45) is 10.9 Å². The molecule has 0 atom stereocenters. The second kappa shape index (κ2) is 9.48. The number of halogens is 1. The summed E-state index contributed by atoms with van der Waals surface area (Å²) in [6, 6.07) is 8.83. The van der Waals surface area contributed by atoms with Crippen molar-refractivity contribution in [1.29, 1.82) is 0 Å². The summed E-state index contributed by atoms with van der Waals surface area (Å²) in [7, 11) is -1.97. The lowest BCUT2D eigenvalue weighted by atomic mass is 9.98. The number of methoxy groups -OCH3 is 1. The molecule has 0 N–H and O–H groups in total. The summed E-state index contributed by atoms with van der Waals surface area (Å²) in [5.41, 5.74) is 0.956. The Hall–Kier alpha value is -1.98. The van der Waals surface area contributed by atoms with E-state index in [1.165, 1.54) is 21.7 Å². The number of amides is 1. The second-order valence-corrected chi connectivity index (χ2v) is 12.2. The highest BCUT2D eigenvalue weighted by molar-refractivity contribution is 7.91. The number of hydrogen-bond acceptors (Lipinski definition) is 6. The van der Waals surface area contributed by atoms with Gasteiger partial charge >= 0.3 is 0 Å². The van der Waals surface area contributed by atoms with Crippen LogP contribution >= 0.6 is 34.3 Å². The van der Waals surface area contributed by atoms with Crippen LogP contribution in [0.25, 0.3) is 10.2 Å². The van der Waals surface area contributed by atoms with Crippen LogP contribution in [-0.4, -0.2) is 43.4 Å². The fourth-order valence-corrected chi connectivity index (χ4v) is 7.84. The number of aromatic nitrogens is 1. The highest BCUT2D eigenvalue weighted by atomic mass is 35.5. The van der Waals surface area contributed by atoms with Gasteiger partial charge in [0, 0.05) is 25.6 Å². The number of fused-ring (bicyclic) bond motifs is 1. The molecule has 170 valence electrons. The first kappa shape index (κ1) is 23.2. The molecule has 1 saturated heterocycles. The highest BCUT2D eigenvalue weighted by Gasteiger charge is 2.33. The molecule has 1 amide bonds. The SMILES string of the molecule is C=CCn1c(=NC(=O)C2CCN(S(=O)(=O)c3ccc(Cl)s3)CC2)sc2cc(OC)ccc21. The Balaban J connectivity index is 1.54. The van der Waals surface area contributed by atoms with E-state index in [2.05, 4.69) is 11.6 Å². The third-order valence-electron chi connectivity index (χ3n) is 5.35. The summed E-state index contributed by atoms with van der Waals surface area (Å²) in [6.07, 6.45) is 2.63. The Morgan fingerprint density at radius 2 is 2.03 bits per heavy atom. The van der Waals surface area contributed by atoms with Crippen molar-refractivity contribution in [2.45, 2.75) is 23.6 Å². The predicted octanol–water partition coefficient (Wildman–Crippen LogP) is 4.14. The van der Waals surface area contributed by atoms with Gasteiger partial charge in [-0.25, -0.2) is 8.42 Å². The summed E-state index contributed by atoms with van der Waals surface area (Å²) in [5.74, 6) is 0.200. The van der Waals surface area contributed by atoms with Crippen LogP contribution in [0.1, 0.15) is 12.8 Å². The van der Waals surface area contributed by atoms with Crippen LogP contribution in [0.4, 0.5) is 0 Å². The van der Waals surface area contributed by atoms with Crippen molar-refractivity contribution < 1.29 is 17.9 Å². The molecule has 0 bridgehead atoms. The van der Waals surface area contributed by atoms with Gasteiger partial charge in [0.25, 0.3) is 15.9 Å². The van der Waals surface area contributed by atoms with E-state index < -0.39 is 10.0 Å². The van der Waals surface area contributed by atoms with Gasteiger partial charge in [-0.3, -0.25) is 4.79 Å². The zero-order valence-electron chi connectivity index (χ0n) is 17.4. The molecule has 32 heavy (non-hydrogen) atoms. The minimum atomic E-state index is -3.59. The summed E-state index contributed by atoms with van der Waals surface area (Å²) in [4.78, 5) is 18.0. The van der Waals surface area contributed by atoms with Gasteiger partial charge in [-0.05, 0) is 43.2 Å². The van der Waals surface area contributed by atoms with Crippen LogP contribution in [-0.2, 0) is 21.4 Å². The van der Waals surface area contributed by atoms with Crippen LogP contribution in [0.3, 0.4) is 0 Å². The average Bonchev–Trinajstić information content (AvgIpc) is 3.37. The molecule has 11 heteroatoms. The number of sulfonamides is 1. The summed E-state index contributed by atoms with van der Waals surface area (Å²) in [5, 5.41) is 0. The van der Waals surface area contributed by atoms with Crippen molar-refractivity contribution in [3.8, 4) is 5.75 Å². The third kappa shape index (κ3) is 4.55. The maximum Gasteiger partial charge on any atom is 0.252 e. The molecule has 1 aliphatic rings. The molecule has 0 saturated carbocycles. The molecule has 0 spiro atoms. The first-order valence-corrected chi connectivity index (χ1v) is 13.4. The number of allylic oxidation sites excluding steroid dienone is 1. The number of hydrogen-bond donors (Lipinski definition) is 0. The Morgan fingerprint density at radius 1 is 1.28 bits per heavy atom. The fourth-order valence-electron chi connectivity index (χ4n) is 3.66. The van der Waals surface area contributed by atoms with Crippen LogP contribution in [0.5, 0.6) is 5.75 Å². The molecule has 3 aromatic rings. The molecule has 7 nitrogen and oxygen atoms in total. The number of thiophene rings is 1. The van der Waals surface area contributed by atoms with E-state index in [1.54, 1.807) is 19.3 Å². The first-order chi connectivity index (χ1) is 15.3. The summed E-state index contributed by atoms with van der Waals surface area (Å²) < 4.78 is 35.9. The minimum Gasteiger partial charge on any atom is -0.497 e. The van der Waals surface area contributed by atoms with Crippen molar-refractivity contribution in [1.82, 2.24) is 8.87 Å². The lowest BCUT2D eigenvalue weighted by Crippen LogP contribution is -2.40. The average molecular weight is 512 g/mol. The summed E-state index contributed by atoms with van der Waals surface area (Å²) in [6.45, 7) is 4.89. The maximum atomic E-state index is 12.9. The number of rotatable bonds is 6. The Kier molecular flexibility index (Phi) is 6.87. The van der Waals surface area contributed by atoms with Gasteiger partial charge in [0.2, 0.25) is 0 Å². The zero-order valence-corrected chi connectivity index (χ0v) is 20.6. The van der Waals surface area contributed by atoms with Crippen LogP contribution in [0.15, 0.2) is 52.2 Å². The largest absolute Gasteiger partial charge is 0.497 e. The number of benzene rings is 1. The van der Waals surface area contributed by atoms with E-state index in [0.717, 1.165) is 27.3 Å².